The van der Waals surface area contributed by atoms with Crippen molar-refractivity contribution in [2.24, 2.45) is 0 Å². The molecule has 0 saturated carbocycles. The first kappa shape index (κ1) is 24.2. The minimum atomic E-state index is -0.622. The van der Waals surface area contributed by atoms with E-state index in [9.17, 15) is 14.9 Å². The summed E-state index contributed by atoms with van der Waals surface area (Å²) < 4.78 is 26.0. The lowest BCUT2D eigenvalue weighted by molar-refractivity contribution is -0.117. The lowest BCUT2D eigenvalue weighted by Gasteiger charge is -2.12. The number of hydrogen-bond donors (Lipinski definition) is 1. The highest BCUT2D eigenvalue weighted by Gasteiger charge is 2.16. The number of amides is 1. The van der Waals surface area contributed by atoms with Crippen LogP contribution in [0.4, 0.5) is 0 Å². The zero-order chi connectivity index (χ0) is 23.5. The van der Waals surface area contributed by atoms with E-state index < -0.39 is 11.9 Å². The number of nitrogens with zero attached hydrogens (tertiary/aromatic N) is 1. The van der Waals surface area contributed by atoms with Gasteiger partial charge in [0.15, 0.2) is 23.0 Å². The molecule has 0 fully saturated rings. The summed E-state index contributed by atoms with van der Waals surface area (Å²) in [7, 11) is 5.89. The molecule has 0 aromatic heterocycles. The lowest BCUT2D eigenvalue weighted by Crippen LogP contribution is -2.27. The smallest absolute Gasteiger partial charge is 0.343 e. The van der Waals surface area contributed by atoms with E-state index in [1.165, 1.54) is 46.6 Å². The number of methoxy groups -OCH3 is 4. The number of rotatable bonds is 10. The molecule has 168 valence electrons. The minimum Gasteiger partial charge on any atom is -0.493 e. The second kappa shape index (κ2) is 12.0. The normalized spacial score (nSPS) is 10.7. The first-order valence-electron chi connectivity index (χ1n) is 9.48. The van der Waals surface area contributed by atoms with E-state index in [1.54, 1.807) is 24.3 Å². The van der Waals surface area contributed by atoms with Crippen LogP contribution in [0.15, 0.2) is 42.0 Å². The van der Waals surface area contributed by atoms with E-state index in [-0.39, 0.29) is 29.2 Å². The SMILES string of the molecule is COCCNC(=O)/C(C#N)=C/c1ccc(OC(=O)c2ccc(OC)c(OC)c2)c(OC)c1. The Labute approximate surface area is 186 Å². The Morgan fingerprint density at radius 2 is 1.59 bits per heavy atom. The number of benzene rings is 2. The molecule has 1 amide bonds. The fourth-order valence-electron chi connectivity index (χ4n) is 2.66. The van der Waals surface area contributed by atoms with Crippen LogP contribution in [0.3, 0.4) is 0 Å². The van der Waals surface area contributed by atoms with Crippen molar-refractivity contribution in [1.82, 2.24) is 5.32 Å². The highest BCUT2D eigenvalue weighted by Crippen LogP contribution is 2.31. The molecule has 9 nitrogen and oxygen atoms in total. The number of ether oxygens (including phenoxy) is 5. The Morgan fingerprint density at radius 3 is 2.22 bits per heavy atom. The van der Waals surface area contributed by atoms with E-state index in [0.717, 1.165) is 0 Å². The van der Waals surface area contributed by atoms with Crippen molar-refractivity contribution in [3.8, 4) is 29.1 Å². The Hall–Kier alpha value is -4.03. The van der Waals surface area contributed by atoms with Gasteiger partial charge in [-0.2, -0.15) is 5.26 Å². The third kappa shape index (κ3) is 6.23. The molecule has 0 bridgehead atoms. The topological polar surface area (TPSA) is 116 Å². The number of hydrogen-bond acceptors (Lipinski definition) is 8. The van der Waals surface area contributed by atoms with E-state index in [0.29, 0.717) is 23.7 Å². The summed E-state index contributed by atoms with van der Waals surface area (Å²) in [6.07, 6.45) is 1.41. The molecule has 0 saturated heterocycles. The van der Waals surface area contributed by atoms with Gasteiger partial charge >= 0.3 is 5.97 Å². The molecule has 2 aromatic rings. The first-order valence-corrected chi connectivity index (χ1v) is 9.48. The van der Waals surface area contributed by atoms with Gasteiger partial charge in [-0.15, -0.1) is 0 Å². The van der Waals surface area contributed by atoms with Gasteiger partial charge in [0.1, 0.15) is 11.6 Å². The minimum absolute atomic E-state index is 0.0850. The second-order valence-corrected chi connectivity index (χ2v) is 6.29. The van der Waals surface area contributed by atoms with Crippen molar-refractivity contribution in [2.75, 3.05) is 41.6 Å². The van der Waals surface area contributed by atoms with Crippen LogP contribution in [0, 0.1) is 11.3 Å². The summed E-state index contributed by atoms with van der Waals surface area (Å²) in [6.45, 7) is 0.612. The number of esters is 1. The summed E-state index contributed by atoms with van der Waals surface area (Å²) >= 11 is 0. The van der Waals surface area contributed by atoms with Gasteiger partial charge in [0, 0.05) is 13.7 Å². The number of carbonyl (C=O) groups excluding carboxylic acids is 2. The van der Waals surface area contributed by atoms with Crippen molar-refractivity contribution < 1.29 is 33.3 Å². The van der Waals surface area contributed by atoms with Crippen molar-refractivity contribution in [3.05, 3.63) is 53.1 Å². The lowest BCUT2D eigenvalue weighted by atomic mass is 10.1. The van der Waals surface area contributed by atoms with Gasteiger partial charge < -0.3 is 29.0 Å². The summed E-state index contributed by atoms with van der Waals surface area (Å²) in [5.74, 6) is 0.159. The van der Waals surface area contributed by atoms with Gasteiger partial charge in [0.2, 0.25) is 0 Å². The van der Waals surface area contributed by atoms with Crippen LogP contribution in [0.5, 0.6) is 23.0 Å². The molecule has 0 aliphatic carbocycles. The van der Waals surface area contributed by atoms with Gasteiger partial charge in [-0.3, -0.25) is 4.79 Å². The Bertz CT molecular complexity index is 1040. The first-order chi connectivity index (χ1) is 15.5. The van der Waals surface area contributed by atoms with Gasteiger partial charge in [0.05, 0.1) is 33.5 Å². The van der Waals surface area contributed by atoms with Gasteiger partial charge in [0.25, 0.3) is 5.91 Å². The second-order valence-electron chi connectivity index (χ2n) is 6.29. The molecular formula is C23H24N2O7. The molecule has 0 spiro atoms. The van der Waals surface area contributed by atoms with Crippen LogP contribution in [0.1, 0.15) is 15.9 Å². The van der Waals surface area contributed by atoms with Crippen molar-refractivity contribution in [1.29, 1.82) is 5.26 Å². The molecule has 0 heterocycles. The molecular weight excluding hydrogens is 416 g/mol. The van der Waals surface area contributed by atoms with E-state index in [4.69, 9.17) is 23.7 Å². The maximum absolute atomic E-state index is 12.6. The maximum atomic E-state index is 12.6. The monoisotopic (exact) mass is 440 g/mol. The molecule has 0 aliphatic heterocycles. The van der Waals surface area contributed by atoms with Crippen LogP contribution in [0.25, 0.3) is 6.08 Å². The number of nitrogens with one attached hydrogen (secondary N) is 1. The fourth-order valence-corrected chi connectivity index (χ4v) is 2.66. The molecule has 0 radical (unpaired) electrons. The fraction of sp³-hybridized carbons (Fsp3) is 0.261. The largest absolute Gasteiger partial charge is 0.493 e. The summed E-state index contributed by atoms with van der Waals surface area (Å²) in [5.41, 5.74) is 0.692. The molecule has 32 heavy (non-hydrogen) atoms. The predicted molar refractivity (Wildman–Crippen MR) is 116 cm³/mol. The average Bonchev–Trinajstić information content (AvgIpc) is 2.82. The zero-order valence-corrected chi connectivity index (χ0v) is 18.3. The number of carbonyl (C=O) groups is 2. The Kier molecular flexibility index (Phi) is 9.07. The summed E-state index contributed by atoms with van der Waals surface area (Å²) in [4.78, 5) is 24.7. The van der Waals surface area contributed by atoms with Crippen LogP contribution >= 0.6 is 0 Å². The third-order valence-corrected chi connectivity index (χ3v) is 4.28. The summed E-state index contributed by atoms with van der Waals surface area (Å²) in [6, 6.07) is 11.2. The molecule has 0 unspecified atom stereocenters. The van der Waals surface area contributed by atoms with E-state index >= 15 is 0 Å². The zero-order valence-electron chi connectivity index (χ0n) is 18.3. The van der Waals surface area contributed by atoms with E-state index in [2.05, 4.69) is 5.32 Å². The third-order valence-electron chi connectivity index (χ3n) is 4.28. The van der Waals surface area contributed by atoms with Crippen LogP contribution in [-0.2, 0) is 9.53 Å². The van der Waals surface area contributed by atoms with Crippen LogP contribution in [-0.4, -0.2) is 53.5 Å². The Balaban J connectivity index is 2.22. The van der Waals surface area contributed by atoms with Crippen molar-refractivity contribution >= 4 is 18.0 Å². The quantitative estimate of drug-likeness (QED) is 0.197. The van der Waals surface area contributed by atoms with Crippen molar-refractivity contribution in [3.63, 3.8) is 0 Å². The standard InChI is InChI=1S/C23H24N2O7/c1-28-10-9-25-22(26)17(14-24)11-15-5-7-19(20(12-15)30-3)32-23(27)16-6-8-18(29-2)21(13-16)31-4/h5-8,11-13H,9-10H2,1-4H3,(H,25,26)/b17-11+. The highest BCUT2D eigenvalue weighted by molar-refractivity contribution is 6.01. The molecule has 2 aromatic carbocycles. The molecule has 0 atom stereocenters. The average molecular weight is 440 g/mol. The van der Waals surface area contributed by atoms with Crippen molar-refractivity contribution in [2.45, 2.75) is 0 Å². The van der Waals surface area contributed by atoms with Gasteiger partial charge in [-0.05, 0) is 42.0 Å². The van der Waals surface area contributed by atoms with Gasteiger partial charge in [-0.1, -0.05) is 6.07 Å². The maximum Gasteiger partial charge on any atom is 0.343 e. The Morgan fingerprint density at radius 1 is 0.938 bits per heavy atom. The highest BCUT2D eigenvalue weighted by atomic mass is 16.6. The molecule has 2 rings (SSSR count). The van der Waals surface area contributed by atoms with Crippen LogP contribution < -0.4 is 24.3 Å². The summed E-state index contributed by atoms with van der Waals surface area (Å²) in [5, 5.41) is 11.9. The molecule has 9 heteroatoms. The van der Waals surface area contributed by atoms with Crippen LogP contribution in [0.2, 0.25) is 0 Å². The van der Waals surface area contributed by atoms with E-state index in [1.807, 2.05) is 6.07 Å². The number of nitriles is 1. The predicted octanol–water partition coefficient (Wildman–Crippen LogP) is 2.60. The van der Waals surface area contributed by atoms with Gasteiger partial charge in [-0.25, -0.2) is 4.79 Å². The molecule has 0 aliphatic rings. The molecule has 1 N–H and O–H groups in total.